The smallest absolute Gasteiger partial charge is 0.234 e. The van der Waals surface area contributed by atoms with Crippen LogP contribution < -0.4 is 10.6 Å². The summed E-state index contributed by atoms with van der Waals surface area (Å²) in [7, 11) is 0. The van der Waals surface area contributed by atoms with Gasteiger partial charge < -0.3 is 10.6 Å². The second kappa shape index (κ2) is 9.69. The molecule has 1 aliphatic heterocycles. The van der Waals surface area contributed by atoms with Crippen LogP contribution in [0, 0.1) is 5.92 Å². The maximum absolute atomic E-state index is 13.2. The van der Waals surface area contributed by atoms with Crippen molar-refractivity contribution >= 4 is 23.4 Å². The maximum atomic E-state index is 13.2. The third-order valence-corrected chi connectivity index (χ3v) is 6.68. The van der Waals surface area contributed by atoms with Gasteiger partial charge in [0.05, 0.1) is 12.0 Å². The molecule has 1 aromatic carbocycles. The van der Waals surface area contributed by atoms with Crippen molar-refractivity contribution in [3.63, 3.8) is 0 Å². The van der Waals surface area contributed by atoms with Crippen LogP contribution >= 0.6 is 11.6 Å². The van der Waals surface area contributed by atoms with Crippen LogP contribution in [-0.4, -0.2) is 48.4 Å². The first-order chi connectivity index (χ1) is 14.2. The molecule has 1 saturated heterocycles. The molecule has 0 spiro atoms. The van der Waals surface area contributed by atoms with Crippen molar-refractivity contribution in [2.75, 3.05) is 26.2 Å². The Labute approximate surface area is 185 Å². The molecule has 5 nitrogen and oxygen atoms in total. The van der Waals surface area contributed by atoms with E-state index in [0.29, 0.717) is 17.5 Å². The number of hydrogen-bond donors (Lipinski definition) is 2. The molecule has 6 heteroatoms. The number of piperidine rings is 1. The number of carbonyl (C=O) groups is 2. The number of benzene rings is 1. The van der Waals surface area contributed by atoms with E-state index in [9.17, 15) is 9.59 Å². The van der Waals surface area contributed by atoms with Gasteiger partial charge >= 0.3 is 0 Å². The molecule has 30 heavy (non-hydrogen) atoms. The standard InChI is InChI=1S/C24H36ClN3O2/c1-23(2,3)27-21(29)17-28-14-10-18(11-15-28)16-26-22(30)24(12-4-5-13-24)19-6-8-20(25)9-7-19/h6-9,18H,4-5,10-17H2,1-3H3,(H,26,30)(H,27,29). The van der Waals surface area contributed by atoms with Crippen molar-refractivity contribution in [1.82, 2.24) is 15.5 Å². The minimum Gasteiger partial charge on any atom is -0.355 e. The number of nitrogens with one attached hydrogen (secondary N) is 2. The van der Waals surface area contributed by atoms with Crippen LogP contribution in [0.15, 0.2) is 24.3 Å². The minimum absolute atomic E-state index is 0.0837. The summed E-state index contributed by atoms with van der Waals surface area (Å²) in [5.74, 6) is 0.717. The van der Waals surface area contributed by atoms with Gasteiger partial charge in [-0.15, -0.1) is 0 Å². The van der Waals surface area contributed by atoms with E-state index in [1.54, 1.807) is 0 Å². The lowest BCUT2D eigenvalue weighted by Crippen LogP contribution is -2.49. The SMILES string of the molecule is CC(C)(C)NC(=O)CN1CCC(CNC(=O)C2(c3ccc(Cl)cc3)CCCC2)CC1. The molecule has 1 saturated carbocycles. The van der Waals surface area contributed by atoms with Gasteiger partial charge in [0, 0.05) is 17.1 Å². The Kier molecular flexibility index (Phi) is 7.46. The Morgan fingerprint density at radius 2 is 1.70 bits per heavy atom. The van der Waals surface area contributed by atoms with Crippen molar-refractivity contribution in [2.45, 2.75) is 70.3 Å². The molecule has 166 valence electrons. The number of hydrogen-bond acceptors (Lipinski definition) is 3. The van der Waals surface area contributed by atoms with Crippen LogP contribution in [0.5, 0.6) is 0 Å². The van der Waals surface area contributed by atoms with Crippen LogP contribution in [0.2, 0.25) is 5.02 Å². The molecule has 1 aliphatic carbocycles. The predicted molar refractivity (Wildman–Crippen MR) is 122 cm³/mol. The summed E-state index contributed by atoms with van der Waals surface area (Å²) in [5, 5.41) is 7.00. The molecule has 2 amide bonds. The Morgan fingerprint density at radius 1 is 1.10 bits per heavy atom. The van der Waals surface area contributed by atoms with E-state index in [0.717, 1.165) is 63.7 Å². The number of nitrogens with zero attached hydrogens (tertiary/aromatic N) is 1. The summed E-state index contributed by atoms with van der Waals surface area (Å²) in [6.45, 7) is 8.98. The summed E-state index contributed by atoms with van der Waals surface area (Å²) < 4.78 is 0. The molecule has 0 atom stereocenters. The zero-order valence-corrected chi connectivity index (χ0v) is 19.4. The molecule has 1 aromatic rings. The first kappa shape index (κ1) is 23.1. The highest BCUT2D eigenvalue weighted by atomic mass is 35.5. The molecule has 3 rings (SSSR count). The maximum Gasteiger partial charge on any atom is 0.234 e. The van der Waals surface area contributed by atoms with Crippen molar-refractivity contribution in [1.29, 1.82) is 0 Å². The number of likely N-dealkylation sites (tertiary alicyclic amines) is 1. The fourth-order valence-corrected chi connectivity index (χ4v) is 4.94. The van der Waals surface area contributed by atoms with Crippen LogP contribution in [0.1, 0.15) is 64.9 Å². The Bertz CT molecular complexity index is 728. The van der Waals surface area contributed by atoms with Crippen molar-refractivity contribution in [2.24, 2.45) is 5.92 Å². The first-order valence-electron chi connectivity index (χ1n) is 11.3. The third-order valence-electron chi connectivity index (χ3n) is 6.43. The predicted octanol–water partition coefficient (Wildman–Crippen LogP) is 3.89. The zero-order valence-electron chi connectivity index (χ0n) is 18.6. The number of rotatable bonds is 6. The van der Waals surface area contributed by atoms with E-state index in [-0.39, 0.29) is 17.4 Å². The molecule has 2 fully saturated rings. The van der Waals surface area contributed by atoms with Crippen LogP contribution in [0.4, 0.5) is 0 Å². The van der Waals surface area contributed by atoms with Crippen molar-refractivity contribution < 1.29 is 9.59 Å². The molecule has 2 N–H and O–H groups in total. The van der Waals surface area contributed by atoms with Gasteiger partial charge in [-0.05, 0) is 83.2 Å². The van der Waals surface area contributed by atoms with E-state index in [2.05, 4.69) is 15.5 Å². The highest BCUT2D eigenvalue weighted by molar-refractivity contribution is 6.30. The Morgan fingerprint density at radius 3 is 2.27 bits per heavy atom. The lowest BCUT2D eigenvalue weighted by molar-refractivity contribution is -0.127. The molecule has 2 aliphatic rings. The van der Waals surface area contributed by atoms with Gasteiger partial charge in [0.25, 0.3) is 0 Å². The van der Waals surface area contributed by atoms with Gasteiger partial charge in [0.1, 0.15) is 0 Å². The fraction of sp³-hybridized carbons (Fsp3) is 0.667. The molecular formula is C24H36ClN3O2. The topological polar surface area (TPSA) is 61.4 Å². The molecule has 0 unspecified atom stereocenters. The number of carbonyl (C=O) groups excluding carboxylic acids is 2. The minimum atomic E-state index is -0.406. The van der Waals surface area contributed by atoms with Crippen molar-refractivity contribution in [3.05, 3.63) is 34.9 Å². The molecule has 0 bridgehead atoms. The average Bonchev–Trinajstić information content (AvgIpc) is 3.17. The van der Waals surface area contributed by atoms with E-state index in [1.165, 1.54) is 0 Å². The Balaban J connectivity index is 1.48. The largest absolute Gasteiger partial charge is 0.355 e. The monoisotopic (exact) mass is 433 g/mol. The summed E-state index contributed by atoms with van der Waals surface area (Å²) in [5.41, 5.74) is 0.484. The van der Waals surface area contributed by atoms with Gasteiger partial charge in [0.15, 0.2) is 0 Å². The highest BCUT2D eigenvalue weighted by Gasteiger charge is 2.42. The highest BCUT2D eigenvalue weighted by Crippen LogP contribution is 2.41. The van der Waals surface area contributed by atoms with Gasteiger partial charge in [-0.2, -0.15) is 0 Å². The second-order valence-corrected chi connectivity index (χ2v) is 10.5. The lowest BCUT2D eigenvalue weighted by atomic mass is 9.78. The van der Waals surface area contributed by atoms with Crippen molar-refractivity contribution in [3.8, 4) is 0 Å². The molecule has 1 heterocycles. The lowest BCUT2D eigenvalue weighted by Gasteiger charge is -2.34. The van der Waals surface area contributed by atoms with Crippen LogP contribution in [-0.2, 0) is 15.0 Å². The van der Waals surface area contributed by atoms with Gasteiger partial charge in [-0.3, -0.25) is 14.5 Å². The summed E-state index contributed by atoms with van der Waals surface area (Å²) in [6.07, 6.45) is 6.01. The van der Waals surface area contributed by atoms with Gasteiger partial charge in [-0.1, -0.05) is 36.6 Å². The summed E-state index contributed by atoms with van der Waals surface area (Å²) >= 11 is 6.05. The fourth-order valence-electron chi connectivity index (χ4n) is 4.81. The molecule has 0 radical (unpaired) electrons. The number of amides is 2. The van der Waals surface area contributed by atoms with Gasteiger partial charge in [-0.25, -0.2) is 0 Å². The molecular weight excluding hydrogens is 398 g/mol. The normalized spacial score (nSPS) is 20.1. The zero-order chi connectivity index (χ0) is 21.8. The average molecular weight is 434 g/mol. The molecule has 0 aromatic heterocycles. The van der Waals surface area contributed by atoms with Gasteiger partial charge in [0.2, 0.25) is 11.8 Å². The summed E-state index contributed by atoms with van der Waals surface area (Å²) in [6, 6.07) is 7.79. The number of halogens is 1. The van der Waals surface area contributed by atoms with Crippen LogP contribution in [0.3, 0.4) is 0 Å². The first-order valence-corrected chi connectivity index (χ1v) is 11.6. The van der Waals surface area contributed by atoms with E-state index in [4.69, 9.17) is 11.6 Å². The Hall–Kier alpha value is -1.59. The van der Waals surface area contributed by atoms with E-state index < -0.39 is 5.41 Å². The second-order valence-electron chi connectivity index (χ2n) is 10.0. The third kappa shape index (κ3) is 5.98. The van der Waals surface area contributed by atoms with Crippen LogP contribution in [0.25, 0.3) is 0 Å². The van der Waals surface area contributed by atoms with E-state index >= 15 is 0 Å². The summed E-state index contributed by atoms with van der Waals surface area (Å²) in [4.78, 5) is 27.6. The quantitative estimate of drug-likeness (QED) is 0.715. The van der Waals surface area contributed by atoms with E-state index in [1.807, 2.05) is 45.0 Å².